The summed E-state index contributed by atoms with van der Waals surface area (Å²) in [6, 6.07) is 28.5. The second kappa shape index (κ2) is 17.5. The van der Waals surface area contributed by atoms with Gasteiger partial charge in [0.05, 0.1) is 19.1 Å². The van der Waals surface area contributed by atoms with Gasteiger partial charge in [0.2, 0.25) is 21.8 Å². The fourth-order valence-electron chi connectivity index (χ4n) is 6.12. The molecule has 4 aromatic rings. The van der Waals surface area contributed by atoms with Gasteiger partial charge in [0.15, 0.2) is 11.5 Å². The molecule has 4 aromatic carbocycles. The number of sulfonamides is 1. The first kappa shape index (κ1) is 36.9. The average Bonchev–Trinajstić information content (AvgIpc) is 3.70. The minimum atomic E-state index is -3.53. The number of hydrogen-bond donors (Lipinski definition) is 1. The minimum Gasteiger partial charge on any atom is -0.493 e. The average molecular weight is 718 g/mol. The lowest BCUT2D eigenvalue weighted by atomic mass is 10.0. The Bertz CT molecular complexity index is 1830. The molecule has 1 atom stereocenters. The van der Waals surface area contributed by atoms with Gasteiger partial charge in [0, 0.05) is 44.0 Å². The van der Waals surface area contributed by atoms with Crippen molar-refractivity contribution in [2.45, 2.75) is 56.0 Å². The standard InChI is InChI=1S/C39H44ClN3O6S/c1-48-36-20-14-31(27-37(36)49-2)22-23-41-39(45)35(26-30-8-4-3-5-9-30)43(28-32-10-16-33(40)17-11-32)38(44)21-15-29-12-18-34(19-13-29)50(46,47)42-24-6-7-25-42/h3-5,8-14,16-20,27,35H,6-7,15,21-26,28H2,1-2H3,(H,41,45). The van der Waals surface area contributed by atoms with Gasteiger partial charge in [-0.05, 0) is 84.3 Å². The fraction of sp³-hybridized carbons (Fsp3) is 0.333. The Hall–Kier alpha value is -4.38. The van der Waals surface area contributed by atoms with Crippen LogP contribution >= 0.6 is 11.6 Å². The summed E-state index contributed by atoms with van der Waals surface area (Å²) in [4.78, 5) is 30.1. The number of amides is 2. The van der Waals surface area contributed by atoms with Gasteiger partial charge in [-0.3, -0.25) is 9.59 Å². The molecule has 9 nitrogen and oxygen atoms in total. The number of halogens is 1. The van der Waals surface area contributed by atoms with E-state index in [-0.39, 0.29) is 29.7 Å². The Labute approximate surface area is 300 Å². The Morgan fingerprint density at radius 3 is 2.10 bits per heavy atom. The van der Waals surface area contributed by atoms with E-state index in [2.05, 4.69) is 5.32 Å². The van der Waals surface area contributed by atoms with Gasteiger partial charge in [-0.1, -0.05) is 72.3 Å². The summed E-state index contributed by atoms with van der Waals surface area (Å²) in [5, 5.41) is 3.66. The second-order valence-electron chi connectivity index (χ2n) is 12.3. The van der Waals surface area contributed by atoms with Crippen LogP contribution in [-0.4, -0.2) is 69.3 Å². The van der Waals surface area contributed by atoms with Crippen LogP contribution < -0.4 is 14.8 Å². The van der Waals surface area contributed by atoms with Crippen LogP contribution in [0.2, 0.25) is 5.02 Å². The molecule has 5 rings (SSSR count). The Kier molecular flexibility index (Phi) is 12.9. The molecule has 0 aromatic heterocycles. The molecule has 1 unspecified atom stereocenters. The van der Waals surface area contributed by atoms with Crippen molar-refractivity contribution in [3.63, 3.8) is 0 Å². The van der Waals surface area contributed by atoms with E-state index in [1.807, 2.05) is 60.7 Å². The molecule has 1 aliphatic rings. The quantitative estimate of drug-likeness (QED) is 0.151. The highest BCUT2D eigenvalue weighted by Gasteiger charge is 2.31. The number of methoxy groups -OCH3 is 2. The van der Waals surface area contributed by atoms with E-state index >= 15 is 0 Å². The number of aryl methyl sites for hydroxylation is 1. The molecule has 1 N–H and O–H groups in total. The maximum Gasteiger partial charge on any atom is 0.243 e. The molecule has 1 aliphatic heterocycles. The number of nitrogens with zero attached hydrogens (tertiary/aromatic N) is 2. The van der Waals surface area contributed by atoms with Crippen molar-refractivity contribution >= 4 is 33.4 Å². The highest BCUT2D eigenvalue weighted by atomic mass is 35.5. The van der Waals surface area contributed by atoms with Gasteiger partial charge >= 0.3 is 0 Å². The van der Waals surface area contributed by atoms with Crippen LogP contribution in [0.3, 0.4) is 0 Å². The van der Waals surface area contributed by atoms with Crippen molar-refractivity contribution in [1.82, 2.24) is 14.5 Å². The van der Waals surface area contributed by atoms with E-state index in [0.29, 0.717) is 55.4 Å². The monoisotopic (exact) mass is 717 g/mol. The predicted octanol–water partition coefficient (Wildman–Crippen LogP) is 6.07. The number of rotatable bonds is 16. The highest BCUT2D eigenvalue weighted by Crippen LogP contribution is 2.28. The summed E-state index contributed by atoms with van der Waals surface area (Å²) in [5.74, 6) is 0.793. The summed E-state index contributed by atoms with van der Waals surface area (Å²) in [6.45, 7) is 1.64. The first-order chi connectivity index (χ1) is 24.2. The third-order valence-corrected chi connectivity index (χ3v) is 11.1. The minimum absolute atomic E-state index is 0.135. The van der Waals surface area contributed by atoms with Crippen LogP contribution in [0.1, 0.15) is 41.5 Å². The molecule has 0 saturated carbocycles. The molecule has 1 saturated heterocycles. The van der Waals surface area contributed by atoms with Crippen molar-refractivity contribution in [1.29, 1.82) is 0 Å². The lowest BCUT2D eigenvalue weighted by Crippen LogP contribution is -2.50. The lowest BCUT2D eigenvalue weighted by molar-refractivity contribution is -0.141. The van der Waals surface area contributed by atoms with E-state index in [4.69, 9.17) is 21.1 Å². The molecule has 0 aliphatic carbocycles. The number of carbonyl (C=O) groups is 2. The topological polar surface area (TPSA) is 105 Å². The van der Waals surface area contributed by atoms with Gasteiger partial charge in [-0.2, -0.15) is 4.31 Å². The Morgan fingerprint density at radius 1 is 0.800 bits per heavy atom. The summed E-state index contributed by atoms with van der Waals surface area (Å²) in [6.07, 6.45) is 3.14. The third-order valence-electron chi connectivity index (χ3n) is 8.95. The Morgan fingerprint density at radius 2 is 1.44 bits per heavy atom. The van der Waals surface area contributed by atoms with E-state index in [9.17, 15) is 18.0 Å². The number of ether oxygens (including phenoxy) is 2. The molecule has 11 heteroatoms. The number of carbonyl (C=O) groups excluding carboxylic acids is 2. The smallest absolute Gasteiger partial charge is 0.243 e. The van der Waals surface area contributed by atoms with Gasteiger partial charge in [0.25, 0.3) is 0 Å². The third kappa shape index (κ3) is 9.65. The zero-order valence-electron chi connectivity index (χ0n) is 28.5. The largest absolute Gasteiger partial charge is 0.493 e. The van der Waals surface area contributed by atoms with Crippen LogP contribution in [-0.2, 0) is 45.4 Å². The van der Waals surface area contributed by atoms with Gasteiger partial charge < -0.3 is 19.7 Å². The molecule has 0 radical (unpaired) electrons. The number of nitrogens with one attached hydrogen (secondary N) is 1. The highest BCUT2D eigenvalue weighted by molar-refractivity contribution is 7.89. The van der Waals surface area contributed by atoms with E-state index in [1.54, 1.807) is 55.5 Å². The van der Waals surface area contributed by atoms with Gasteiger partial charge in [0.1, 0.15) is 6.04 Å². The zero-order chi connectivity index (χ0) is 35.5. The molecular weight excluding hydrogens is 674 g/mol. The molecule has 50 heavy (non-hydrogen) atoms. The molecule has 0 bridgehead atoms. The van der Waals surface area contributed by atoms with Crippen molar-refractivity contribution in [3.05, 3.63) is 124 Å². The van der Waals surface area contributed by atoms with Crippen LogP contribution in [0.5, 0.6) is 11.5 Å². The molecule has 1 heterocycles. The maximum atomic E-state index is 14.1. The number of benzene rings is 4. The van der Waals surface area contributed by atoms with Crippen molar-refractivity contribution in [2.75, 3.05) is 33.9 Å². The fourth-order valence-corrected chi connectivity index (χ4v) is 7.77. The van der Waals surface area contributed by atoms with E-state index in [1.165, 1.54) is 4.31 Å². The zero-order valence-corrected chi connectivity index (χ0v) is 30.1. The van der Waals surface area contributed by atoms with Crippen LogP contribution in [0.15, 0.2) is 102 Å². The molecular formula is C39H44ClN3O6S. The molecule has 1 fully saturated rings. The summed E-state index contributed by atoms with van der Waals surface area (Å²) in [5.41, 5.74) is 3.58. The van der Waals surface area contributed by atoms with Crippen LogP contribution in [0, 0.1) is 0 Å². The summed E-state index contributed by atoms with van der Waals surface area (Å²) < 4.78 is 38.3. The first-order valence-electron chi connectivity index (χ1n) is 16.8. The normalized spacial score (nSPS) is 13.8. The van der Waals surface area contributed by atoms with Gasteiger partial charge in [-0.15, -0.1) is 0 Å². The number of hydrogen-bond acceptors (Lipinski definition) is 6. The molecule has 0 spiro atoms. The van der Waals surface area contributed by atoms with Crippen molar-refractivity contribution in [3.8, 4) is 11.5 Å². The lowest BCUT2D eigenvalue weighted by Gasteiger charge is -2.32. The Balaban J connectivity index is 1.34. The summed E-state index contributed by atoms with van der Waals surface area (Å²) in [7, 11) is -0.362. The van der Waals surface area contributed by atoms with E-state index < -0.39 is 16.1 Å². The maximum absolute atomic E-state index is 14.1. The van der Waals surface area contributed by atoms with E-state index in [0.717, 1.165) is 35.1 Å². The SMILES string of the molecule is COc1ccc(CCNC(=O)C(Cc2ccccc2)N(Cc2ccc(Cl)cc2)C(=O)CCc2ccc(S(=O)(=O)N3CCCC3)cc2)cc1OC. The van der Waals surface area contributed by atoms with Crippen LogP contribution in [0.25, 0.3) is 0 Å². The van der Waals surface area contributed by atoms with Crippen LogP contribution in [0.4, 0.5) is 0 Å². The van der Waals surface area contributed by atoms with Crippen molar-refractivity contribution in [2.24, 2.45) is 0 Å². The van der Waals surface area contributed by atoms with Gasteiger partial charge in [-0.25, -0.2) is 8.42 Å². The molecule has 2 amide bonds. The summed E-state index contributed by atoms with van der Waals surface area (Å²) >= 11 is 6.17. The first-order valence-corrected chi connectivity index (χ1v) is 18.7. The predicted molar refractivity (Wildman–Crippen MR) is 195 cm³/mol. The second-order valence-corrected chi connectivity index (χ2v) is 14.7. The molecule has 264 valence electrons. The van der Waals surface area contributed by atoms with Crippen molar-refractivity contribution < 1.29 is 27.5 Å².